The van der Waals surface area contributed by atoms with Crippen LogP contribution in [0.4, 0.5) is 0 Å². The second-order valence-corrected chi connectivity index (χ2v) is 4.00. The minimum absolute atomic E-state index is 0.101. The molecular weight excluding hydrogens is 208 g/mol. The minimum atomic E-state index is -0.527. The maximum absolute atomic E-state index is 12.0. The second-order valence-electron chi connectivity index (χ2n) is 4.00. The number of carbonyl (C=O) groups excluding carboxylic acids is 1. The van der Waals surface area contributed by atoms with Gasteiger partial charge in [0.05, 0.1) is 24.7 Å². The molecular formula is C11H24N2O3. The van der Waals surface area contributed by atoms with E-state index in [4.69, 9.17) is 15.6 Å². The van der Waals surface area contributed by atoms with Gasteiger partial charge in [-0.15, -0.1) is 0 Å². The van der Waals surface area contributed by atoms with Crippen molar-refractivity contribution in [1.29, 1.82) is 0 Å². The van der Waals surface area contributed by atoms with Crippen LogP contribution in [0.3, 0.4) is 0 Å². The monoisotopic (exact) mass is 232 g/mol. The van der Waals surface area contributed by atoms with E-state index in [1.54, 1.807) is 0 Å². The smallest absolute Gasteiger partial charge is 0.227 e. The van der Waals surface area contributed by atoms with Gasteiger partial charge >= 0.3 is 0 Å². The van der Waals surface area contributed by atoms with Crippen molar-refractivity contribution in [3.05, 3.63) is 0 Å². The van der Waals surface area contributed by atoms with Gasteiger partial charge in [0.15, 0.2) is 0 Å². The minimum Gasteiger partial charge on any atom is -0.394 e. The van der Waals surface area contributed by atoms with E-state index >= 15 is 0 Å². The normalized spacial score (nSPS) is 13.6. The molecule has 0 aromatic heterocycles. The Morgan fingerprint density at radius 2 is 2.06 bits per heavy atom. The lowest BCUT2D eigenvalue weighted by atomic mass is 9.81. The first-order valence-electron chi connectivity index (χ1n) is 5.71. The summed E-state index contributed by atoms with van der Waals surface area (Å²) in [5.74, 6) is -0.101. The van der Waals surface area contributed by atoms with Crippen LogP contribution in [0.2, 0.25) is 0 Å². The lowest BCUT2D eigenvalue weighted by Crippen LogP contribution is -2.51. The van der Waals surface area contributed by atoms with Crippen LogP contribution in [0.1, 0.15) is 26.7 Å². The Morgan fingerprint density at radius 3 is 2.38 bits per heavy atom. The van der Waals surface area contributed by atoms with Gasteiger partial charge in [0, 0.05) is 13.7 Å². The fraction of sp³-hybridized carbons (Fsp3) is 0.909. The lowest BCUT2D eigenvalue weighted by Gasteiger charge is -2.30. The number of hydrogen-bond acceptors (Lipinski definition) is 4. The Labute approximate surface area is 97.3 Å². The van der Waals surface area contributed by atoms with Crippen molar-refractivity contribution in [2.24, 2.45) is 11.1 Å². The molecule has 1 amide bonds. The van der Waals surface area contributed by atoms with Crippen molar-refractivity contribution < 1.29 is 14.6 Å². The first-order valence-corrected chi connectivity index (χ1v) is 5.71. The lowest BCUT2D eigenvalue weighted by molar-refractivity contribution is -0.132. The number of aliphatic hydroxyl groups excluding tert-OH is 1. The van der Waals surface area contributed by atoms with Gasteiger partial charge in [-0.1, -0.05) is 13.8 Å². The van der Waals surface area contributed by atoms with Crippen LogP contribution in [0, 0.1) is 5.41 Å². The van der Waals surface area contributed by atoms with Gasteiger partial charge in [-0.3, -0.25) is 4.79 Å². The number of nitrogens with one attached hydrogen (secondary N) is 1. The maximum Gasteiger partial charge on any atom is 0.227 e. The summed E-state index contributed by atoms with van der Waals surface area (Å²) in [5, 5.41) is 11.8. The molecule has 0 aliphatic heterocycles. The van der Waals surface area contributed by atoms with Crippen molar-refractivity contribution in [1.82, 2.24) is 5.32 Å². The summed E-state index contributed by atoms with van der Waals surface area (Å²) in [5.41, 5.74) is 5.14. The highest BCUT2D eigenvalue weighted by atomic mass is 16.5. The Kier molecular flexibility index (Phi) is 7.29. The predicted octanol–water partition coefficient (Wildman–Crippen LogP) is -0.125. The molecule has 96 valence electrons. The topological polar surface area (TPSA) is 84.6 Å². The van der Waals surface area contributed by atoms with Gasteiger partial charge in [0.1, 0.15) is 0 Å². The quantitative estimate of drug-likeness (QED) is 0.544. The number of ether oxygens (including phenoxy) is 1. The molecule has 0 aromatic carbocycles. The Balaban J connectivity index is 4.50. The molecule has 0 bridgehead atoms. The fourth-order valence-corrected chi connectivity index (χ4v) is 1.63. The van der Waals surface area contributed by atoms with Gasteiger partial charge < -0.3 is 20.9 Å². The molecule has 16 heavy (non-hydrogen) atoms. The third-order valence-electron chi connectivity index (χ3n) is 3.15. The number of nitrogens with two attached hydrogens (primary N) is 1. The first kappa shape index (κ1) is 15.3. The predicted molar refractivity (Wildman–Crippen MR) is 63.0 cm³/mol. The molecule has 0 spiro atoms. The molecule has 4 N–H and O–H groups in total. The molecule has 0 rings (SSSR count). The Hall–Kier alpha value is -0.650. The van der Waals surface area contributed by atoms with Crippen LogP contribution < -0.4 is 11.1 Å². The van der Waals surface area contributed by atoms with Crippen LogP contribution in [-0.2, 0) is 9.53 Å². The number of amides is 1. The third-order valence-corrected chi connectivity index (χ3v) is 3.15. The molecule has 0 heterocycles. The summed E-state index contributed by atoms with van der Waals surface area (Å²) in [6, 6.07) is -0.360. The standard InChI is InChI=1S/C11H24N2O3/c1-4-11(5-2,8-12)10(15)13-9(6-14)7-16-3/h9,14H,4-8,12H2,1-3H3,(H,13,15). The van der Waals surface area contributed by atoms with E-state index in [-0.39, 0.29) is 18.6 Å². The highest BCUT2D eigenvalue weighted by molar-refractivity contribution is 5.83. The fourth-order valence-electron chi connectivity index (χ4n) is 1.63. The molecule has 0 saturated heterocycles. The van der Waals surface area contributed by atoms with E-state index in [9.17, 15) is 4.79 Å². The van der Waals surface area contributed by atoms with Crippen molar-refractivity contribution in [3.63, 3.8) is 0 Å². The van der Waals surface area contributed by atoms with Crippen molar-refractivity contribution in [3.8, 4) is 0 Å². The van der Waals surface area contributed by atoms with E-state index in [0.717, 1.165) is 0 Å². The average molecular weight is 232 g/mol. The molecule has 0 aliphatic rings. The zero-order chi connectivity index (χ0) is 12.6. The Bertz CT molecular complexity index is 197. The molecule has 1 atom stereocenters. The molecule has 5 nitrogen and oxygen atoms in total. The summed E-state index contributed by atoms with van der Waals surface area (Å²) in [4.78, 5) is 12.0. The molecule has 0 aliphatic carbocycles. The zero-order valence-corrected chi connectivity index (χ0v) is 10.5. The number of hydrogen-bond donors (Lipinski definition) is 3. The summed E-state index contributed by atoms with van der Waals surface area (Å²) in [6.45, 7) is 4.38. The molecule has 1 unspecified atom stereocenters. The van der Waals surface area contributed by atoms with Crippen LogP contribution in [0.5, 0.6) is 0 Å². The SMILES string of the molecule is CCC(CC)(CN)C(=O)NC(CO)COC. The summed E-state index contributed by atoms with van der Waals surface area (Å²) < 4.78 is 4.90. The number of carbonyl (C=O) groups is 1. The zero-order valence-electron chi connectivity index (χ0n) is 10.5. The second kappa shape index (κ2) is 7.60. The first-order chi connectivity index (χ1) is 7.60. The van der Waals surface area contributed by atoms with E-state index in [1.165, 1.54) is 7.11 Å². The van der Waals surface area contributed by atoms with Gasteiger partial charge in [-0.2, -0.15) is 0 Å². The van der Waals surface area contributed by atoms with Crippen molar-refractivity contribution in [2.45, 2.75) is 32.7 Å². The molecule has 0 radical (unpaired) electrons. The molecule has 0 saturated carbocycles. The number of rotatable bonds is 8. The van der Waals surface area contributed by atoms with E-state index in [0.29, 0.717) is 26.0 Å². The maximum atomic E-state index is 12.0. The largest absolute Gasteiger partial charge is 0.394 e. The van der Waals surface area contributed by atoms with Crippen molar-refractivity contribution in [2.75, 3.05) is 26.9 Å². The number of aliphatic hydroxyl groups is 1. The summed E-state index contributed by atoms with van der Waals surface area (Å²) in [6.07, 6.45) is 1.38. The highest BCUT2D eigenvalue weighted by Crippen LogP contribution is 2.25. The van der Waals surface area contributed by atoms with Crippen molar-refractivity contribution >= 4 is 5.91 Å². The van der Waals surface area contributed by atoms with Gasteiger partial charge in [-0.25, -0.2) is 0 Å². The molecule has 0 aromatic rings. The van der Waals surface area contributed by atoms with E-state index < -0.39 is 5.41 Å². The van der Waals surface area contributed by atoms with Gasteiger partial charge in [0.25, 0.3) is 0 Å². The average Bonchev–Trinajstić information content (AvgIpc) is 2.31. The van der Waals surface area contributed by atoms with Crippen LogP contribution in [0.25, 0.3) is 0 Å². The molecule has 5 heteroatoms. The molecule has 0 fully saturated rings. The van der Waals surface area contributed by atoms with Crippen LogP contribution >= 0.6 is 0 Å². The number of methoxy groups -OCH3 is 1. The van der Waals surface area contributed by atoms with Gasteiger partial charge in [-0.05, 0) is 12.8 Å². The third kappa shape index (κ3) is 3.73. The van der Waals surface area contributed by atoms with E-state index in [2.05, 4.69) is 5.32 Å². The Morgan fingerprint density at radius 1 is 1.50 bits per heavy atom. The van der Waals surface area contributed by atoms with E-state index in [1.807, 2.05) is 13.8 Å². The van der Waals surface area contributed by atoms with Gasteiger partial charge in [0.2, 0.25) is 5.91 Å². The highest BCUT2D eigenvalue weighted by Gasteiger charge is 2.34. The van der Waals surface area contributed by atoms with Crippen LogP contribution in [0.15, 0.2) is 0 Å². The van der Waals surface area contributed by atoms with Crippen LogP contribution in [-0.4, -0.2) is 43.9 Å². The summed E-state index contributed by atoms with van der Waals surface area (Å²) in [7, 11) is 1.53. The summed E-state index contributed by atoms with van der Waals surface area (Å²) >= 11 is 0.